The van der Waals surface area contributed by atoms with Crippen LogP contribution in [0.3, 0.4) is 0 Å². The van der Waals surface area contributed by atoms with E-state index in [0.717, 1.165) is 19.0 Å². The van der Waals surface area contributed by atoms with Crippen molar-refractivity contribution in [2.24, 2.45) is 11.8 Å². The Morgan fingerprint density at radius 2 is 1.86 bits per heavy atom. The molecule has 1 aliphatic heterocycles. The number of anilines is 1. The Kier molecular flexibility index (Phi) is 5.32. The average Bonchev–Trinajstić information content (AvgIpc) is 2.41. The predicted molar refractivity (Wildman–Crippen MR) is 93.1 cm³/mol. The summed E-state index contributed by atoms with van der Waals surface area (Å²) in [5.41, 5.74) is 4.18. The molecule has 1 aromatic rings. The molecule has 21 heavy (non-hydrogen) atoms. The smallest absolute Gasteiger partial charge is 0.0438 e. The molecular weight excluding hydrogens is 256 g/mol. The first-order valence-electron chi connectivity index (χ1n) is 8.45. The Morgan fingerprint density at radius 3 is 2.43 bits per heavy atom. The van der Waals surface area contributed by atoms with Gasteiger partial charge in [0.15, 0.2) is 0 Å². The molecular formula is C19H32N2. The van der Waals surface area contributed by atoms with Crippen molar-refractivity contribution in [3.8, 4) is 0 Å². The molecule has 0 aromatic heterocycles. The van der Waals surface area contributed by atoms with Gasteiger partial charge in [0, 0.05) is 30.9 Å². The molecule has 0 radical (unpaired) electrons. The summed E-state index contributed by atoms with van der Waals surface area (Å²) >= 11 is 0. The molecule has 1 aromatic carbocycles. The van der Waals surface area contributed by atoms with Crippen LogP contribution in [0.5, 0.6) is 0 Å². The lowest BCUT2D eigenvalue weighted by Gasteiger charge is -2.44. The van der Waals surface area contributed by atoms with Crippen LogP contribution >= 0.6 is 0 Å². The van der Waals surface area contributed by atoms with E-state index < -0.39 is 0 Å². The average molecular weight is 288 g/mol. The van der Waals surface area contributed by atoms with Crippen LogP contribution in [0.1, 0.15) is 45.2 Å². The van der Waals surface area contributed by atoms with Gasteiger partial charge in [-0.2, -0.15) is 0 Å². The van der Waals surface area contributed by atoms with Crippen molar-refractivity contribution in [1.82, 2.24) is 5.32 Å². The minimum atomic E-state index is 0.593. The summed E-state index contributed by atoms with van der Waals surface area (Å²) < 4.78 is 0. The second-order valence-corrected chi connectivity index (χ2v) is 7.47. The number of aryl methyl sites for hydroxylation is 2. The summed E-state index contributed by atoms with van der Waals surface area (Å²) in [6.45, 7) is 15.9. The molecule has 0 aliphatic carbocycles. The number of hydrogen-bond donors (Lipinski definition) is 1. The molecule has 0 spiro atoms. The lowest BCUT2D eigenvalue weighted by Crippen LogP contribution is -2.58. The number of nitrogens with zero attached hydrogens (tertiary/aromatic N) is 1. The van der Waals surface area contributed by atoms with Crippen LogP contribution in [-0.2, 0) is 0 Å². The zero-order chi connectivity index (χ0) is 15.6. The normalized spacial score (nSPS) is 23.1. The highest BCUT2D eigenvalue weighted by atomic mass is 15.2. The van der Waals surface area contributed by atoms with E-state index in [1.807, 2.05) is 0 Å². The largest absolute Gasteiger partial charge is 0.365 e. The summed E-state index contributed by atoms with van der Waals surface area (Å²) in [5.74, 6) is 1.42. The van der Waals surface area contributed by atoms with E-state index in [2.05, 4.69) is 70.0 Å². The topological polar surface area (TPSA) is 15.3 Å². The molecule has 1 saturated heterocycles. The van der Waals surface area contributed by atoms with E-state index in [-0.39, 0.29) is 0 Å². The van der Waals surface area contributed by atoms with Crippen molar-refractivity contribution < 1.29 is 0 Å². The van der Waals surface area contributed by atoms with Gasteiger partial charge in [0.2, 0.25) is 0 Å². The Bertz CT molecular complexity index is 465. The highest BCUT2D eigenvalue weighted by molar-refractivity contribution is 5.52. The molecule has 2 nitrogen and oxygen atoms in total. The zero-order valence-corrected chi connectivity index (χ0v) is 14.6. The maximum atomic E-state index is 3.77. The van der Waals surface area contributed by atoms with Crippen LogP contribution in [0.2, 0.25) is 0 Å². The monoisotopic (exact) mass is 288 g/mol. The number of piperazine rings is 1. The third kappa shape index (κ3) is 4.00. The first-order chi connectivity index (χ1) is 9.88. The van der Waals surface area contributed by atoms with Gasteiger partial charge in [0.25, 0.3) is 0 Å². The second kappa shape index (κ2) is 6.83. The molecule has 1 fully saturated rings. The summed E-state index contributed by atoms with van der Waals surface area (Å²) in [7, 11) is 0. The van der Waals surface area contributed by atoms with E-state index >= 15 is 0 Å². The van der Waals surface area contributed by atoms with Gasteiger partial charge in [0.1, 0.15) is 0 Å². The lowest BCUT2D eigenvalue weighted by atomic mass is 9.94. The fourth-order valence-electron chi connectivity index (χ4n) is 3.36. The number of benzene rings is 1. The fourth-order valence-corrected chi connectivity index (χ4v) is 3.36. The van der Waals surface area contributed by atoms with Gasteiger partial charge >= 0.3 is 0 Å². The van der Waals surface area contributed by atoms with Crippen molar-refractivity contribution >= 4 is 5.69 Å². The summed E-state index contributed by atoms with van der Waals surface area (Å²) in [6, 6.07) is 8.14. The van der Waals surface area contributed by atoms with Gasteiger partial charge in [-0.15, -0.1) is 0 Å². The second-order valence-electron chi connectivity index (χ2n) is 7.47. The Hall–Kier alpha value is -1.02. The van der Waals surface area contributed by atoms with Crippen molar-refractivity contribution in [3.63, 3.8) is 0 Å². The minimum absolute atomic E-state index is 0.593. The summed E-state index contributed by atoms with van der Waals surface area (Å²) in [6.07, 6.45) is 1.26. The molecule has 0 bridgehead atoms. The molecule has 1 aliphatic rings. The van der Waals surface area contributed by atoms with Crippen LogP contribution in [0.4, 0.5) is 5.69 Å². The van der Waals surface area contributed by atoms with Crippen LogP contribution < -0.4 is 10.2 Å². The van der Waals surface area contributed by atoms with E-state index in [1.165, 1.54) is 23.2 Å². The van der Waals surface area contributed by atoms with Gasteiger partial charge in [-0.1, -0.05) is 33.8 Å². The van der Waals surface area contributed by atoms with Crippen molar-refractivity contribution in [1.29, 1.82) is 0 Å². The zero-order valence-electron chi connectivity index (χ0n) is 14.6. The Morgan fingerprint density at radius 1 is 1.14 bits per heavy atom. The lowest BCUT2D eigenvalue weighted by molar-refractivity contribution is 0.310. The molecule has 0 saturated carbocycles. The third-order valence-electron chi connectivity index (χ3n) is 4.78. The van der Waals surface area contributed by atoms with Gasteiger partial charge in [0.05, 0.1) is 0 Å². The van der Waals surface area contributed by atoms with Crippen LogP contribution in [-0.4, -0.2) is 25.2 Å². The fraction of sp³-hybridized carbons (Fsp3) is 0.684. The van der Waals surface area contributed by atoms with Gasteiger partial charge in [-0.3, -0.25) is 0 Å². The van der Waals surface area contributed by atoms with E-state index in [4.69, 9.17) is 0 Å². The van der Waals surface area contributed by atoms with Gasteiger partial charge in [-0.25, -0.2) is 0 Å². The standard InChI is InChI=1S/C19H32N2/c1-13(2)9-17-12-21(19(11-20-17)14(3)4)18-8-7-15(5)16(6)10-18/h7-8,10,13-14,17,19-20H,9,11-12H2,1-6H3. The molecule has 2 rings (SSSR count). The van der Waals surface area contributed by atoms with Crippen LogP contribution in [0, 0.1) is 25.7 Å². The van der Waals surface area contributed by atoms with Crippen LogP contribution in [0.25, 0.3) is 0 Å². The predicted octanol–water partition coefficient (Wildman–Crippen LogP) is 4.15. The number of nitrogens with one attached hydrogen (secondary N) is 1. The summed E-state index contributed by atoms with van der Waals surface area (Å²) in [4.78, 5) is 2.64. The maximum Gasteiger partial charge on any atom is 0.0438 e. The van der Waals surface area contributed by atoms with Crippen molar-refractivity contribution in [2.75, 3.05) is 18.0 Å². The van der Waals surface area contributed by atoms with Crippen molar-refractivity contribution in [3.05, 3.63) is 29.3 Å². The molecule has 1 N–H and O–H groups in total. The van der Waals surface area contributed by atoms with Crippen LogP contribution in [0.15, 0.2) is 18.2 Å². The molecule has 0 amide bonds. The van der Waals surface area contributed by atoms with E-state index in [1.54, 1.807) is 0 Å². The minimum Gasteiger partial charge on any atom is -0.365 e. The molecule has 2 unspecified atom stereocenters. The molecule has 2 heteroatoms. The SMILES string of the molecule is Cc1ccc(N2CC(CC(C)C)NCC2C(C)C)cc1C. The molecule has 118 valence electrons. The highest BCUT2D eigenvalue weighted by Crippen LogP contribution is 2.27. The Labute approximate surface area is 130 Å². The first kappa shape index (κ1) is 16.4. The number of rotatable bonds is 4. The Balaban J connectivity index is 2.22. The first-order valence-corrected chi connectivity index (χ1v) is 8.45. The molecule has 1 heterocycles. The molecule has 2 atom stereocenters. The van der Waals surface area contributed by atoms with Gasteiger partial charge < -0.3 is 10.2 Å². The van der Waals surface area contributed by atoms with E-state index in [9.17, 15) is 0 Å². The highest BCUT2D eigenvalue weighted by Gasteiger charge is 2.30. The quantitative estimate of drug-likeness (QED) is 0.895. The third-order valence-corrected chi connectivity index (χ3v) is 4.78. The van der Waals surface area contributed by atoms with Gasteiger partial charge in [-0.05, 0) is 55.4 Å². The summed E-state index contributed by atoms with van der Waals surface area (Å²) in [5, 5.41) is 3.77. The van der Waals surface area contributed by atoms with E-state index in [0.29, 0.717) is 18.0 Å². The maximum absolute atomic E-state index is 3.77. The van der Waals surface area contributed by atoms with Crippen molar-refractivity contribution in [2.45, 2.75) is 60.0 Å². The number of hydrogen-bond acceptors (Lipinski definition) is 2.